The maximum absolute atomic E-state index is 13.4. The first-order valence-electron chi connectivity index (χ1n) is 12.9. The molecule has 0 spiro atoms. The molecule has 2 N–H and O–H groups in total. The van der Waals surface area contributed by atoms with Crippen molar-refractivity contribution in [1.82, 2.24) is 20.0 Å². The number of fused-ring (bicyclic) bond motifs is 1. The number of carbonyl (C=O) groups excluding carboxylic acids is 5. The summed E-state index contributed by atoms with van der Waals surface area (Å²) in [5, 5.41) is 2.21. The molecule has 38 heavy (non-hydrogen) atoms. The average Bonchev–Trinajstić information content (AvgIpc) is 3.15. The number of hydrogen-bond donors (Lipinski definition) is 2. The van der Waals surface area contributed by atoms with Crippen molar-refractivity contribution in [2.75, 3.05) is 56.5 Å². The lowest BCUT2D eigenvalue weighted by Crippen LogP contribution is -2.54. The number of amides is 5. The molecule has 5 rings (SSSR count). The third-order valence-corrected chi connectivity index (χ3v) is 8.62. The van der Waals surface area contributed by atoms with E-state index in [4.69, 9.17) is 4.55 Å². The van der Waals surface area contributed by atoms with Crippen LogP contribution in [0, 0.1) is 5.92 Å². The summed E-state index contributed by atoms with van der Waals surface area (Å²) in [6.45, 7) is 3.69. The summed E-state index contributed by atoms with van der Waals surface area (Å²) in [7, 11) is 0. The number of hydrogen-bond acceptors (Lipinski definition) is 8. The SMILES string of the molecule is O=C1CCC(N2C(=O)c3cccc(N4CCN(C(=O)CN5CCC(CS(=O)O)CC5)CC4)c3C2=O)C(=O)N1. The van der Waals surface area contributed by atoms with Gasteiger partial charge in [-0.15, -0.1) is 0 Å². The standard InChI is InChI=1S/C25H31N5O7S/c31-20-5-4-19(23(33)26-20)30-24(34)17-2-1-3-18(22(17)25(30)35)28-10-12-29(13-11-28)21(32)14-27-8-6-16(7-9-27)15-38(36)37/h1-3,16,19H,4-15H2,(H,36,37)(H,26,31,33). The molecule has 12 nitrogen and oxygen atoms in total. The fraction of sp³-hybridized carbons (Fsp3) is 0.560. The summed E-state index contributed by atoms with van der Waals surface area (Å²) in [4.78, 5) is 70.2. The van der Waals surface area contributed by atoms with Crippen molar-refractivity contribution in [1.29, 1.82) is 0 Å². The fourth-order valence-electron chi connectivity index (χ4n) is 5.76. The summed E-state index contributed by atoms with van der Waals surface area (Å²) in [6, 6.07) is 4.05. The van der Waals surface area contributed by atoms with Crippen LogP contribution in [0.4, 0.5) is 5.69 Å². The zero-order valence-corrected chi connectivity index (χ0v) is 21.8. The van der Waals surface area contributed by atoms with Gasteiger partial charge in [-0.3, -0.25) is 39.1 Å². The summed E-state index contributed by atoms with van der Waals surface area (Å²) in [6.07, 6.45) is 1.77. The van der Waals surface area contributed by atoms with E-state index in [0.29, 0.717) is 38.4 Å². The third-order valence-electron chi connectivity index (χ3n) is 7.86. The van der Waals surface area contributed by atoms with E-state index < -0.39 is 40.8 Å². The van der Waals surface area contributed by atoms with Crippen LogP contribution >= 0.6 is 0 Å². The minimum absolute atomic E-state index is 0.0300. The van der Waals surface area contributed by atoms with Crippen molar-refractivity contribution in [3.63, 3.8) is 0 Å². The number of nitrogens with zero attached hydrogens (tertiary/aromatic N) is 4. The molecule has 0 aliphatic carbocycles. The van der Waals surface area contributed by atoms with Gasteiger partial charge in [-0.25, -0.2) is 4.21 Å². The van der Waals surface area contributed by atoms with Crippen LogP contribution in [0.1, 0.15) is 46.4 Å². The molecule has 0 radical (unpaired) electrons. The molecule has 4 aliphatic heterocycles. The van der Waals surface area contributed by atoms with E-state index in [1.54, 1.807) is 23.1 Å². The molecular formula is C25H31N5O7S. The van der Waals surface area contributed by atoms with E-state index in [0.717, 1.165) is 30.8 Å². The molecule has 13 heteroatoms. The summed E-state index contributed by atoms with van der Waals surface area (Å²) < 4.78 is 20.1. The molecular weight excluding hydrogens is 514 g/mol. The quantitative estimate of drug-likeness (QED) is 0.362. The smallest absolute Gasteiger partial charge is 0.264 e. The highest BCUT2D eigenvalue weighted by Gasteiger charge is 2.46. The first-order valence-corrected chi connectivity index (χ1v) is 14.2. The Kier molecular flexibility index (Phi) is 7.59. The van der Waals surface area contributed by atoms with E-state index in [9.17, 15) is 28.2 Å². The topological polar surface area (TPSA) is 148 Å². The van der Waals surface area contributed by atoms with Crippen molar-refractivity contribution in [3.05, 3.63) is 29.3 Å². The van der Waals surface area contributed by atoms with Gasteiger partial charge >= 0.3 is 0 Å². The maximum Gasteiger partial charge on any atom is 0.264 e. The largest absolute Gasteiger partial charge is 0.367 e. The van der Waals surface area contributed by atoms with Crippen LogP contribution in [0.25, 0.3) is 0 Å². The van der Waals surface area contributed by atoms with Gasteiger partial charge in [-0.05, 0) is 50.4 Å². The normalized spacial score (nSPS) is 24.0. The number of likely N-dealkylation sites (tertiary alicyclic amines) is 1. The first-order chi connectivity index (χ1) is 18.2. The van der Waals surface area contributed by atoms with Crippen LogP contribution < -0.4 is 10.2 Å². The number of imide groups is 2. The lowest BCUT2D eigenvalue weighted by molar-refractivity contribution is -0.136. The van der Waals surface area contributed by atoms with Gasteiger partial charge in [0.1, 0.15) is 6.04 Å². The van der Waals surface area contributed by atoms with Gasteiger partial charge < -0.3 is 14.4 Å². The fourth-order valence-corrected chi connectivity index (χ4v) is 6.50. The van der Waals surface area contributed by atoms with Crippen LogP contribution in [0.3, 0.4) is 0 Å². The van der Waals surface area contributed by atoms with Crippen LogP contribution in [0.2, 0.25) is 0 Å². The van der Waals surface area contributed by atoms with Gasteiger partial charge in [-0.2, -0.15) is 0 Å². The Bertz CT molecular complexity index is 1190. The van der Waals surface area contributed by atoms with Crippen molar-refractivity contribution in [2.24, 2.45) is 5.92 Å². The number of piperidine rings is 2. The highest BCUT2D eigenvalue weighted by molar-refractivity contribution is 7.79. The molecule has 3 saturated heterocycles. The highest BCUT2D eigenvalue weighted by atomic mass is 32.2. The summed E-state index contributed by atoms with van der Waals surface area (Å²) >= 11 is -1.79. The molecule has 0 saturated carbocycles. The Hall–Kier alpha value is -3.16. The monoisotopic (exact) mass is 545 g/mol. The van der Waals surface area contributed by atoms with E-state index in [1.165, 1.54) is 0 Å². The predicted octanol–water partition coefficient (Wildman–Crippen LogP) is -0.330. The van der Waals surface area contributed by atoms with Crippen LogP contribution in [0.15, 0.2) is 18.2 Å². The summed E-state index contributed by atoms with van der Waals surface area (Å²) in [5.41, 5.74) is 1.10. The lowest BCUT2D eigenvalue weighted by atomic mass is 9.99. The second-order valence-corrected chi connectivity index (χ2v) is 11.2. The molecule has 4 heterocycles. The molecule has 3 fully saturated rings. The number of nitrogens with one attached hydrogen (secondary N) is 1. The molecule has 2 atom stereocenters. The first kappa shape index (κ1) is 26.4. The summed E-state index contributed by atoms with van der Waals surface area (Å²) in [5.74, 6) is -1.61. The number of benzene rings is 1. The van der Waals surface area contributed by atoms with Gasteiger partial charge in [0.25, 0.3) is 11.8 Å². The Morgan fingerprint density at radius 2 is 1.68 bits per heavy atom. The zero-order valence-electron chi connectivity index (χ0n) is 21.0. The van der Waals surface area contributed by atoms with E-state index in [-0.39, 0.29) is 41.5 Å². The molecule has 0 bridgehead atoms. The number of anilines is 1. The van der Waals surface area contributed by atoms with Crippen LogP contribution in [-0.4, -0.2) is 111 Å². The lowest BCUT2D eigenvalue weighted by Gasteiger charge is -2.38. The zero-order chi connectivity index (χ0) is 27.0. The Morgan fingerprint density at radius 1 is 0.974 bits per heavy atom. The van der Waals surface area contributed by atoms with Gasteiger partial charge in [-0.1, -0.05) is 6.07 Å². The molecule has 1 aromatic rings. The van der Waals surface area contributed by atoms with E-state index in [2.05, 4.69) is 10.2 Å². The number of carbonyl (C=O) groups is 5. The number of rotatable bonds is 6. The van der Waals surface area contributed by atoms with Crippen LogP contribution in [0.5, 0.6) is 0 Å². The Labute approximate surface area is 222 Å². The van der Waals surface area contributed by atoms with Gasteiger partial charge in [0, 0.05) is 32.6 Å². The maximum atomic E-state index is 13.4. The van der Waals surface area contributed by atoms with E-state index in [1.807, 2.05) is 4.90 Å². The minimum Gasteiger partial charge on any atom is -0.367 e. The van der Waals surface area contributed by atoms with Gasteiger partial charge in [0.15, 0.2) is 11.1 Å². The van der Waals surface area contributed by atoms with Crippen molar-refractivity contribution in [2.45, 2.75) is 31.7 Å². The predicted molar refractivity (Wildman–Crippen MR) is 137 cm³/mol. The Morgan fingerprint density at radius 3 is 2.34 bits per heavy atom. The molecule has 5 amide bonds. The van der Waals surface area contributed by atoms with Crippen molar-refractivity contribution >= 4 is 46.3 Å². The molecule has 2 unspecified atom stereocenters. The van der Waals surface area contributed by atoms with Crippen molar-refractivity contribution < 1.29 is 32.7 Å². The number of piperazine rings is 1. The van der Waals surface area contributed by atoms with E-state index >= 15 is 0 Å². The van der Waals surface area contributed by atoms with Gasteiger partial charge in [0.05, 0.1) is 29.1 Å². The average molecular weight is 546 g/mol. The van der Waals surface area contributed by atoms with Crippen molar-refractivity contribution in [3.8, 4) is 0 Å². The molecule has 4 aliphatic rings. The molecule has 204 valence electrons. The molecule has 0 aromatic heterocycles. The molecule has 1 aromatic carbocycles. The van der Waals surface area contributed by atoms with Gasteiger partial charge in [0.2, 0.25) is 17.7 Å². The highest BCUT2D eigenvalue weighted by Crippen LogP contribution is 2.34. The second-order valence-electron chi connectivity index (χ2n) is 10.2. The third kappa shape index (κ3) is 5.22. The Balaban J connectivity index is 1.20. The second kappa shape index (κ2) is 10.9. The minimum atomic E-state index is -1.79. The van der Waals surface area contributed by atoms with Crippen LogP contribution in [-0.2, 0) is 25.5 Å².